The molecule has 4 amide bonds. The van der Waals surface area contributed by atoms with E-state index >= 15 is 0 Å². The molecule has 0 spiro atoms. The minimum absolute atomic E-state index is 0.0140. The minimum atomic E-state index is -4.65. The first-order valence-corrected chi connectivity index (χ1v) is 32.1. The van der Waals surface area contributed by atoms with Crippen molar-refractivity contribution in [3.05, 3.63) is 118 Å². The number of hydrogen-bond acceptors (Lipinski definition) is 16. The van der Waals surface area contributed by atoms with Crippen molar-refractivity contribution in [1.82, 2.24) is 28.9 Å². The Morgan fingerprint density at radius 3 is 2.26 bits per heavy atom. The first-order valence-electron chi connectivity index (χ1n) is 30.5. The van der Waals surface area contributed by atoms with Gasteiger partial charge < -0.3 is 59.2 Å². The molecule has 3 aromatic heterocycles. The second kappa shape index (κ2) is 23.0. The van der Waals surface area contributed by atoms with Gasteiger partial charge in [0.15, 0.2) is 5.82 Å². The number of benzene rings is 2. The number of imide groups is 1. The van der Waals surface area contributed by atoms with Crippen LogP contribution < -0.4 is 40.7 Å². The monoisotopic (exact) mass is 1210 g/mol. The number of amides is 4. The van der Waals surface area contributed by atoms with Gasteiger partial charge in [0.05, 0.1) is 58.2 Å². The smallest absolute Gasteiger partial charge is 0.391 e. The molecule has 0 bridgehead atoms. The van der Waals surface area contributed by atoms with E-state index in [2.05, 4.69) is 75.2 Å². The zero-order valence-corrected chi connectivity index (χ0v) is 51.6. The second-order valence-electron chi connectivity index (χ2n) is 26.0. The van der Waals surface area contributed by atoms with Crippen LogP contribution in [0.4, 0.5) is 45.9 Å². The fraction of sp³-hybridized carbons (Fsp3) is 0.508. The number of rotatable bonds is 14. The molecule has 0 saturated carbocycles. The molecule has 5 aromatic rings. The third kappa shape index (κ3) is 11.6. The Labute approximate surface area is 506 Å². The van der Waals surface area contributed by atoms with Crippen LogP contribution >= 0.6 is 7.82 Å². The van der Waals surface area contributed by atoms with Crippen molar-refractivity contribution in [3.63, 3.8) is 0 Å². The van der Waals surface area contributed by atoms with Crippen molar-refractivity contribution >= 4 is 77.3 Å². The van der Waals surface area contributed by atoms with E-state index in [0.717, 1.165) is 80.1 Å². The quantitative estimate of drug-likeness (QED) is 0.0441. The minimum Gasteiger partial charge on any atom is -0.391 e. The largest absolute Gasteiger partial charge is 0.470 e. The summed E-state index contributed by atoms with van der Waals surface area (Å²) < 4.78 is 20.3. The molecule has 1 aliphatic carbocycles. The van der Waals surface area contributed by atoms with Gasteiger partial charge in [-0.1, -0.05) is 20.4 Å². The third-order valence-electron chi connectivity index (χ3n) is 19.3. The highest BCUT2D eigenvalue weighted by atomic mass is 31.2. The van der Waals surface area contributed by atoms with Crippen molar-refractivity contribution in [1.29, 1.82) is 0 Å². The summed E-state index contributed by atoms with van der Waals surface area (Å²) in [6.45, 7) is 21.8. The Morgan fingerprint density at radius 1 is 0.816 bits per heavy atom. The van der Waals surface area contributed by atoms with Gasteiger partial charge in [-0.05, 0) is 151 Å². The van der Waals surface area contributed by atoms with Crippen LogP contribution in [0.15, 0.2) is 84.4 Å². The fourth-order valence-corrected chi connectivity index (χ4v) is 15.7. The van der Waals surface area contributed by atoms with E-state index < -0.39 is 37.4 Å². The number of aliphatic hydroxyl groups excluding tert-OH is 1. The summed E-state index contributed by atoms with van der Waals surface area (Å²) in [6.07, 6.45) is 9.51. The van der Waals surface area contributed by atoms with Crippen LogP contribution in [-0.4, -0.2) is 162 Å². The highest BCUT2D eigenvalue weighted by Gasteiger charge is 2.46. The maximum absolute atomic E-state index is 14.3. The van der Waals surface area contributed by atoms with E-state index in [0.29, 0.717) is 98.0 Å². The Balaban J connectivity index is 0.687. The molecule has 5 N–H and O–H groups in total. The number of nitrogens with zero attached hydrogens (tertiary/aromatic N) is 11. The number of phosphoric acid groups is 1. The molecule has 12 rings (SSSR count). The Hall–Kier alpha value is -7.40. The van der Waals surface area contributed by atoms with Crippen LogP contribution in [0.5, 0.6) is 0 Å². The van der Waals surface area contributed by atoms with Gasteiger partial charge >= 0.3 is 7.82 Å². The molecule has 23 nitrogen and oxygen atoms in total. The molecule has 9 heterocycles. The van der Waals surface area contributed by atoms with E-state index in [1.165, 1.54) is 28.1 Å². The molecule has 7 aliphatic rings. The van der Waals surface area contributed by atoms with Gasteiger partial charge in [0, 0.05) is 107 Å². The number of carbonyl (C=O) groups is 4. The zero-order valence-electron chi connectivity index (χ0n) is 50.7. The summed E-state index contributed by atoms with van der Waals surface area (Å²) >= 11 is 0. The molecule has 4 saturated heterocycles. The number of hydrogen-bond donors (Lipinski definition) is 5. The summed E-state index contributed by atoms with van der Waals surface area (Å²) in [4.78, 5) is 112. The van der Waals surface area contributed by atoms with E-state index in [1.807, 2.05) is 45.0 Å². The molecule has 1 unspecified atom stereocenters. The van der Waals surface area contributed by atoms with Crippen molar-refractivity contribution < 1.29 is 43.2 Å². The van der Waals surface area contributed by atoms with E-state index in [-0.39, 0.29) is 46.7 Å². The lowest BCUT2D eigenvalue weighted by atomic mass is 9.89. The number of anilines is 8. The summed E-state index contributed by atoms with van der Waals surface area (Å²) in [5.41, 5.74) is 5.90. The second-order valence-corrected chi connectivity index (χ2v) is 27.2. The van der Waals surface area contributed by atoms with E-state index in [4.69, 9.17) is 9.51 Å². The number of piperazine rings is 1. The summed E-state index contributed by atoms with van der Waals surface area (Å²) in [7, 11) is -2.97. The standard InChI is InChI=1S/C63H80N13O10P/c1-9-55(78)66-48-31-42(65-57-61(82)68(8)37-54(67-57)75-21-10-11-50(56(75)40(4)77)74-28-27-73-51(60(74)81)30-41-33-62(5,6)34-52(41)73)12-16-49(48)72-26-25-70(36-39(72)3)43-18-22-71(38(2)29-43)44-13-15-46-47(32-44)59(80)76(58(46)79)45-14-17-53(64-35-45)69-23-19-63(7,20-24-69)86-87(83,84)85/h9,12-17,30-32,35,37-40,43,50,56,77H,1,10-11,18-29,33-34,36H2,2-8H3,(H,65,67)(H,66,78)(H2,83,84,85)/t38-,39-,40+,43?,50-,56-/m0/s1. The van der Waals surface area contributed by atoms with Crippen molar-refractivity contribution in [2.24, 2.45) is 12.5 Å². The third-order valence-corrected chi connectivity index (χ3v) is 19.9. The molecular weight excluding hydrogens is 1130 g/mol. The number of aryl methyl sites for hydroxylation is 1. The number of fused-ring (bicyclic) bond motifs is 4. The lowest BCUT2D eigenvalue weighted by molar-refractivity contribution is -0.111. The van der Waals surface area contributed by atoms with Gasteiger partial charge in [0.1, 0.15) is 17.3 Å². The average molecular weight is 1210 g/mol. The first kappa shape index (κ1) is 59.9. The van der Waals surface area contributed by atoms with Gasteiger partial charge in [-0.3, -0.25) is 33.4 Å². The Morgan fingerprint density at radius 2 is 1.56 bits per heavy atom. The molecule has 6 atom stereocenters. The number of nitrogens with one attached hydrogen (secondary N) is 2. The topological polar surface area (TPSA) is 255 Å². The highest BCUT2D eigenvalue weighted by molar-refractivity contribution is 7.46. The maximum atomic E-state index is 14.3. The Kier molecular flexibility index (Phi) is 15.8. The maximum Gasteiger partial charge on any atom is 0.470 e. The predicted molar refractivity (Wildman–Crippen MR) is 334 cm³/mol. The number of piperidine rings is 3. The molecule has 24 heteroatoms. The molecule has 2 aromatic carbocycles. The lowest BCUT2D eigenvalue weighted by Crippen LogP contribution is -2.62. The number of phosphoric ester groups is 1. The number of carbonyl (C=O) groups excluding carboxylic acids is 4. The van der Waals surface area contributed by atoms with E-state index in [1.54, 1.807) is 45.3 Å². The van der Waals surface area contributed by atoms with Crippen LogP contribution in [0, 0.1) is 5.41 Å². The van der Waals surface area contributed by atoms with Gasteiger partial charge in [-0.25, -0.2) is 19.4 Å². The fourth-order valence-electron chi connectivity index (χ4n) is 15.0. The average Bonchev–Trinajstić information content (AvgIpc) is 1.73. The number of aliphatic hydroxyl groups is 1. The SMILES string of the molecule is C=CC(=O)Nc1cc(Nc2nc(N3CCC[C@H](N4CCn5c(cc6c5CC(C)(C)C6)C4=O)[C@@H]3[C@@H](C)O)cn(C)c2=O)ccc1N1CCN(C2CCN(c3ccc4c(c3)C(=O)N(c3ccc(N5CCC(C)(OP(=O)(O)O)CC5)nc3)C4=O)[C@@H](C)C2)C[C@@H]1C. The van der Waals surface area contributed by atoms with Crippen molar-refractivity contribution in [3.8, 4) is 0 Å². The molecule has 462 valence electrons. The molecular formula is C63H80N13O10P. The van der Waals surface area contributed by atoms with Crippen molar-refractivity contribution in [2.45, 2.75) is 141 Å². The van der Waals surface area contributed by atoms with Gasteiger partial charge in [0.25, 0.3) is 23.3 Å². The first-order chi connectivity index (χ1) is 41.4. The van der Waals surface area contributed by atoms with Gasteiger partial charge in [-0.2, -0.15) is 0 Å². The molecule has 0 radical (unpaired) electrons. The summed E-state index contributed by atoms with van der Waals surface area (Å²) in [6, 6.07) is 16.4. The van der Waals surface area contributed by atoms with Crippen molar-refractivity contribution in [2.75, 3.05) is 87.5 Å². The Bertz CT molecular complexity index is 3670. The van der Waals surface area contributed by atoms with Crippen LogP contribution in [0.3, 0.4) is 0 Å². The van der Waals surface area contributed by atoms with Crippen LogP contribution in [0.25, 0.3) is 0 Å². The van der Waals surface area contributed by atoms with E-state index in [9.17, 15) is 43.4 Å². The number of aromatic nitrogens is 4. The molecule has 4 fully saturated rings. The van der Waals surface area contributed by atoms with Crippen LogP contribution in [0.1, 0.15) is 123 Å². The number of pyridine rings is 1. The normalized spacial score (nSPS) is 24.3. The van der Waals surface area contributed by atoms with Crippen LogP contribution in [0.2, 0.25) is 0 Å². The summed E-state index contributed by atoms with van der Waals surface area (Å²) in [5, 5.41) is 17.8. The van der Waals surface area contributed by atoms with Gasteiger partial charge in [0.2, 0.25) is 5.91 Å². The summed E-state index contributed by atoms with van der Waals surface area (Å²) in [5.74, 6) is -0.0318. The lowest BCUT2D eigenvalue weighted by Gasteiger charge is -2.48. The highest BCUT2D eigenvalue weighted by Crippen LogP contribution is 2.46. The van der Waals surface area contributed by atoms with Gasteiger partial charge in [-0.15, -0.1) is 0 Å². The van der Waals surface area contributed by atoms with Crippen LogP contribution in [-0.2, 0) is 40.3 Å². The predicted octanol–water partition coefficient (Wildman–Crippen LogP) is 6.68. The molecule has 6 aliphatic heterocycles. The zero-order chi connectivity index (χ0) is 61.6. The molecule has 87 heavy (non-hydrogen) atoms.